The van der Waals surface area contributed by atoms with Gasteiger partial charge in [-0.05, 0) is 22.0 Å². The highest BCUT2D eigenvalue weighted by atomic mass is 79.9. The standard InChI is InChI=1S/C9H8BrNO2S/c10-6-1-8(14-5-6)4-11-3-7(12)2-9(11)13/h1,5H,2-4H2. The summed E-state index contributed by atoms with van der Waals surface area (Å²) < 4.78 is 1.02. The maximum atomic E-state index is 11.3. The molecule has 74 valence electrons. The van der Waals surface area contributed by atoms with Gasteiger partial charge in [0.1, 0.15) is 0 Å². The lowest BCUT2D eigenvalue weighted by molar-refractivity contribution is -0.128. The van der Waals surface area contributed by atoms with Crippen LogP contribution < -0.4 is 0 Å². The molecule has 0 unspecified atom stereocenters. The molecule has 0 N–H and O–H groups in total. The van der Waals surface area contributed by atoms with Crippen molar-refractivity contribution in [2.24, 2.45) is 0 Å². The number of thiophene rings is 1. The summed E-state index contributed by atoms with van der Waals surface area (Å²) in [6.07, 6.45) is 0.0759. The average Bonchev–Trinajstić information content (AvgIpc) is 2.61. The molecular weight excluding hydrogens is 266 g/mol. The fourth-order valence-electron chi connectivity index (χ4n) is 1.41. The van der Waals surface area contributed by atoms with E-state index in [0.29, 0.717) is 6.54 Å². The normalized spacial score (nSPS) is 16.8. The van der Waals surface area contributed by atoms with Gasteiger partial charge in [0.05, 0.1) is 19.5 Å². The number of ketones is 1. The van der Waals surface area contributed by atoms with E-state index in [-0.39, 0.29) is 24.7 Å². The Morgan fingerprint density at radius 1 is 1.50 bits per heavy atom. The van der Waals surface area contributed by atoms with Crippen molar-refractivity contribution in [3.8, 4) is 0 Å². The first-order chi connectivity index (χ1) is 6.65. The summed E-state index contributed by atoms with van der Waals surface area (Å²) in [5.74, 6) is -0.0369. The summed E-state index contributed by atoms with van der Waals surface area (Å²) in [6.45, 7) is 0.829. The van der Waals surface area contributed by atoms with Gasteiger partial charge < -0.3 is 4.90 Å². The monoisotopic (exact) mass is 273 g/mol. The summed E-state index contributed by atoms with van der Waals surface area (Å²) in [6, 6.07) is 1.97. The molecule has 1 amide bonds. The molecular formula is C9H8BrNO2S. The Kier molecular flexibility index (Phi) is 2.69. The van der Waals surface area contributed by atoms with Crippen LogP contribution >= 0.6 is 27.3 Å². The first kappa shape index (κ1) is 9.86. The van der Waals surface area contributed by atoms with Gasteiger partial charge in [-0.2, -0.15) is 0 Å². The highest BCUT2D eigenvalue weighted by Gasteiger charge is 2.27. The molecule has 0 spiro atoms. The van der Waals surface area contributed by atoms with E-state index in [0.717, 1.165) is 9.35 Å². The van der Waals surface area contributed by atoms with Gasteiger partial charge in [0, 0.05) is 14.7 Å². The van der Waals surface area contributed by atoms with Crippen LogP contribution in [0.2, 0.25) is 0 Å². The van der Waals surface area contributed by atoms with Crippen LogP contribution in [0.4, 0.5) is 0 Å². The highest BCUT2D eigenvalue weighted by Crippen LogP contribution is 2.22. The molecule has 1 aliphatic heterocycles. The van der Waals surface area contributed by atoms with Crippen LogP contribution in [0.15, 0.2) is 15.9 Å². The number of carbonyl (C=O) groups excluding carboxylic acids is 2. The average molecular weight is 274 g/mol. The maximum Gasteiger partial charge on any atom is 0.230 e. The molecule has 1 aromatic heterocycles. The van der Waals surface area contributed by atoms with Gasteiger partial charge in [-0.1, -0.05) is 0 Å². The zero-order valence-electron chi connectivity index (χ0n) is 7.33. The lowest BCUT2D eigenvalue weighted by Gasteiger charge is -2.12. The van der Waals surface area contributed by atoms with Crippen molar-refractivity contribution >= 4 is 39.0 Å². The van der Waals surface area contributed by atoms with E-state index in [4.69, 9.17) is 0 Å². The van der Waals surface area contributed by atoms with Crippen molar-refractivity contribution in [2.75, 3.05) is 6.54 Å². The van der Waals surface area contributed by atoms with E-state index in [1.54, 1.807) is 16.2 Å². The molecule has 2 heterocycles. The van der Waals surface area contributed by atoms with Gasteiger partial charge in [0.2, 0.25) is 5.91 Å². The number of Topliss-reactive ketones (excluding diaryl/α,β-unsaturated/α-hetero) is 1. The van der Waals surface area contributed by atoms with Crippen LogP contribution in [0.1, 0.15) is 11.3 Å². The first-order valence-electron chi connectivity index (χ1n) is 4.17. The maximum absolute atomic E-state index is 11.3. The van der Waals surface area contributed by atoms with Gasteiger partial charge in [0.25, 0.3) is 0 Å². The van der Waals surface area contributed by atoms with Crippen molar-refractivity contribution in [2.45, 2.75) is 13.0 Å². The number of halogens is 1. The predicted molar refractivity (Wildman–Crippen MR) is 57.1 cm³/mol. The molecule has 1 aromatic rings. The second kappa shape index (κ2) is 3.82. The lowest BCUT2D eigenvalue weighted by Crippen LogP contribution is -2.24. The predicted octanol–water partition coefficient (Wildman–Crippen LogP) is 1.81. The van der Waals surface area contributed by atoms with Crippen molar-refractivity contribution < 1.29 is 9.59 Å². The van der Waals surface area contributed by atoms with Crippen LogP contribution in [-0.4, -0.2) is 23.1 Å². The molecule has 2 rings (SSSR count). The Bertz CT molecular complexity index is 388. The minimum atomic E-state index is -0.0560. The van der Waals surface area contributed by atoms with Crippen LogP contribution in [-0.2, 0) is 16.1 Å². The zero-order valence-corrected chi connectivity index (χ0v) is 9.73. The number of amides is 1. The Morgan fingerprint density at radius 2 is 2.29 bits per heavy atom. The van der Waals surface area contributed by atoms with Crippen LogP contribution in [0.5, 0.6) is 0 Å². The molecule has 1 saturated heterocycles. The smallest absolute Gasteiger partial charge is 0.230 e. The minimum absolute atomic E-state index is 0.0191. The highest BCUT2D eigenvalue weighted by molar-refractivity contribution is 9.10. The van der Waals surface area contributed by atoms with Gasteiger partial charge in [0.15, 0.2) is 5.78 Å². The molecule has 0 bridgehead atoms. The van der Waals surface area contributed by atoms with Gasteiger partial charge >= 0.3 is 0 Å². The Hall–Kier alpha value is -0.680. The second-order valence-electron chi connectivity index (χ2n) is 3.20. The molecule has 5 heteroatoms. The SMILES string of the molecule is O=C1CC(=O)N(Cc2cc(Br)cs2)C1. The summed E-state index contributed by atoms with van der Waals surface area (Å²) in [4.78, 5) is 25.0. The number of rotatable bonds is 2. The number of hydrogen-bond acceptors (Lipinski definition) is 3. The Morgan fingerprint density at radius 3 is 2.79 bits per heavy atom. The van der Waals surface area contributed by atoms with E-state index in [9.17, 15) is 9.59 Å². The molecule has 0 aliphatic carbocycles. The van der Waals surface area contributed by atoms with Crippen molar-refractivity contribution in [3.63, 3.8) is 0 Å². The van der Waals surface area contributed by atoms with Gasteiger partial charge in [-0.15, -0.1) is 11.3 Å². The van der Waals surface area contributed by atoms with E-state index >= 15 is 0 Å². The number of likely N-dealkylation sites (tertiary alicyclic amines) is 1. The first-order valence-corrected chi connectivity index (χ1v) is 5.85. The summed E-state index contributed by atoms with van der Waals surface area (Å²) in [5.41, 5.74) is 0. The van der Waals surface area contributed by atoms with E-state index < -0.39 is 0 Å². The van der Waals surface area contributed by atoms with Crippen LogP contribution in [0, 0.1) is 0 Å². The third-order valence-electron chi connectivity index (χ3n) is 2.04. The molecule has 0 aromatic carbocycles. The van der Waals surface area contributed by atoms with E-state index in [2.05, 4.69) is 15.9 Å². The zero-order chi connectivity index (χ0) is 10.1. The Labute approximate surface area is 93.8 Å². The van der Waals surface area contributed by atoms with Crippen molar-refractivity contribution in [1.82, 2.24) is 4.90 Å². The lowest BCUT2D eigenvalue weighted by atomic mass is 10.3. The summed E-state index contributed by atoms with van der Waals surface area (Å²) >= 11 is 4.94. The topological polar surface area (TPSA) is 37.4 Å². The second-order valence-corrected chi connectivity index (χ2v) is 5.11. The minimum Gasteiger partial charge on any atom is -0.330 e. The quantitative estimate of drug-likeness (QED) is 0.771. The third-order valence-corrected chi connectivity index (χ3v) is 3.72. The third kappa shape index (κ3) is 2.04. The van der Waals surface area contributed by atoms with Gasteiger partial charge in [-0.25, -0.2) is 0 Å². The molecule has 3 nitrogen and oxygen atoms in total. The van der Waals surface area contributed by atoms with Gasteiger partial charge in [-0.3, -0.25) is 9.59 Å². The fraction of sp³-hybridized carbons (Fsp3) is 0.333. The Balaban J connectivity index is 2.05. The molecule has 0 radical (unpaired) electrons. The van der Waals surface area contributed by atoms with Crippen molar-refractivity contribution in [1.29, 1.82) is 0 Å². The molecule has 1 aliphatic rings. The molecule has 1 fully saturated rings. The van der Waals surface area contributed by atoms with E-state index in [1.807, 2.05) is 11.4 Å². The summed E-state index contributed by atoms with van der Waals surface area (Å²) in [5, 5.41) is 1.97. The number of nitrogens with zero attached hydrogens (tertiary/aromatic N) is 1. The molecule has 0 saturated carbocycles. The van der Waals surface area contributed by atoms with Crippen molar-refractivity contribution in [3.05, 3.63) is 20.8 Å². The largest absolute Gasteiger partial charge is 0.330 e. The van der Waals surface area contributed by atoms with E-state index in [1.165, 1.54) is 0 Å². The number of hydrogen-bond donors (Lipinski definition) is 0. The molecule has 14 heavy (non-hydrogen) atoms. The van der Waals surface area contributed by atoms with Crippen LogP contribution in [0.3, 0.4) is 0 Å². The van der Waals surface area contributed by atoms with Crippen LogP contribution in [0.25, 0.3) is 0 Å². The number of carbonyl (C=O) groups is 2. The molecule has 0 atom stereocenters. The summed E-state index contributed by atoms with van der Waals surface area (Å²) in [7, 11) is 0. The fourth-order valence-corrected chi connectivity index (χ4v) is 2.87.